The summed E-state index contributed by atoms with van der Waals surface area (Å²) < 4.78 is 0. The molecule has 1 spiro atoms. The average Bonchev–Trinajstić information content (AvgIpc) is 2.79. The lowest BCUT2D eigenvalue weighted by Crippen LogP contribution is -2.52. The van der Waals surface area contributed by atoms with Gasteiger partial charge < -0.3 is 10.2 Å². The third kappa shape index (κ3) is 2.90. The quantitative estimate of drug-likeness (QED) is 0.655. The molecule has 1 N–H and O–H groups in total. The number of nitro groups is 1. The molecule has 0 aromatic heterocycles. The first-order valence-corrected chi connectivity index (χ1v) is 8.95. The molecule has 1 fully saturated rings. The van der Waals surface area contributed by atoms with Crippen molar-refractivity contribution >= 4 is 23.0 Å². The third-order valence-electron chi connectivity index (χ3n) is 5.31. The first kappa shape index (κ1) is 17.4. The predicted molar refractivity (Wildman–Crippen MR) is 103 cm³/mol. The number of fused-ring (bicyclic) bond motifs is 1. The van der Waals surface area contributed by atoms with E-state index in [9.17, 15) is 14.9 Å². The molecule has 7 nitrogen and oxygen atoms in total. The van der Waals surface area contributed by atoms with Crippen molar-refractivity contribution in [3.8, 4) is 0 Å². The van der Waals surface area contributed by atoms with Crippen LogP contribution in [-0.4, -0.2) is 42.2 Å². The van der Waals surface area contributed by atoms with Gasteiger partial charge in [-0.15, -0.1) is 0 Å². The zero-order valence-electron chi connectivity index (χ0n) is 15.0. The predicted octanol–water partition coefficient (Wildman–Crippen LogP) is 2.53. The van der Waals surface area contributed by atoms with Crippen LogP contribution in [0.25, 0.3) is 0 Å². The van der Waals surface area contributed by atoms with E-state index >= 15 is 0 Å². The topological polar surface area (TPSA) is 87.8 Å². The maximum Gasteiger partial charge on any atom is 0.270 e. The first-order chi connectivity index (χ1) is 13.0. The molecule has 2 aromatic rings. The van der Waals surface area contributed by atoms with Gasteiger partial charge in [-0.25, -0.2) is 0 Å². The number of nitro benzene ring substituents is 1. The molecule has 0 saturated carbocycles. The van der Waals surface area contributed by atoms with Crippen LogP contribution in [-0.2, 0) is 4.79 Å². The minimum atomic E-state index is -0.848. The Labute approximate surface area is 156 Å². The third-order valence-corrected chi connectivity index (χ3v) is 5.31. The molecule has 2 heterocycles. The van der Waals surface area contributed by atoms with E-state index in [4.69, 9.17) is 4.99 Å². The monoisotopic (exact) mass is 364 g/mol. The van der Waals surface area contributed by atoms with Crippen LogP contribution in [0.1, 0.15) is 24.0 Å². The molecular weight excluding hydrogens is 344 g/mol. The molecule has 1 amide bonds. The highest BCUT2D eigenvalue weighted by atomic mass is 16.6. The number of benzene rings is 2. The SMILES string of the molecule is CN1C(=O)C2(CCNCC2)N=C(c2ccccc2)c2cc([N+](=O)[O-])ccc21. The highest BCUT2D eigenvalue weighted by Crippen LogP contribution is 2.37. The molecule has 4 rings (SSSR count). The van der Waals surface area contributed by atoms with Gasteiger partial charge in [0.1, 0.15) is 5.54 Å². The molecule has 27 heavy (non-hydrogen) atoms. The van der Waals surface area contributed by atoms with Crippen molar-refractivity contribution in [1.82, 2.24) is 5.32 Å². The van der Waals surface area contributed by atoms with E-state index in [0.29, 0.717) is 42.9 Å². The van der Waals surface area contributed by atoms with Crippen molar-refractivity contribution in [3.05, 3.63) is 69.8 Å². The van der Waals surface area contributed by atoms with E-state index in [1.807, 2.05) is 30.3 Å². The number of aliphatic imine (C=N–C) groups is 1. The highest BCUT2D eigenvalue weighted by molar-refractivity contribution is 6.21. The van der Waals surface area contributed by atoms with Crippen molar-refractivity contribution in [1.29, 1.82) is 0 Å². The van der Waals surface area contributed by atoms with Crippen molar-refractivity contribution in [2.75, 3.05) is 25.0 Å². The number of non-ortho nitro benzene ring substituents is 1. The summed E-state index contributed by atoms with van der Waals surface area (Å²) in [6, 6.07) is 14.2. The molecule has 0 bridgehead atoms. The lowest BCUT2D eigenvalue weighted by Gasteiger charge is -2.34. The molecule has 138 valence electrons. The van der Waals surface area contributed by atoms with Gasteiger partial charge in [0.2, 0.25) is 0 Å². The van der Waals surface area contributed by atoms with Crippen LogP contribution in [0.3, 0.4) is 0 Å². The number of hydrogen-bond donors (Lipinski definition) is 1. The Morgan fingerprint density at radius 1 is 1.15 bits per heavy atom. The van der Waals surface area contributed by atoms with E-state index in [2.05, 4.69) is 5.32 Å². The van der Waals surface area contributed by atoms with Crippen LogP contribution in [0.15, 0.2) is 53.5 Å². The molecule has 0 unspecified atom stereocenters. The fraction of sp³-hybridized carbons (Fsp3) is 0.300. The second-order valence-corrected chi connectivity index (χ2v) is 6.93. The van der Waals surface area contributed by atoms with Crippen LogP contribution < -0.4 is 10.2 Å². The smallest absolute Gasteiger partial charge is 0.270 e. The minimum absolute atomic E-state index is 0.0144. The van der Waals surface area contributed by atoms with Gasteiger partial charge in [-0.2, -0.15) is 0 Å². The molecule has 0 radical (unpaired) electrons. The standard InChI is InChI=1S/C20H20N4O3/c1-23-17-8-7-15(24(26)27)13-16(17)18(14-5-3-2-4-6-14)22-20(19(23)25)9-11-21-12-10-20/h2-8,13,21H,9-12H2,1H3. The van der Waals surface area contributed by atoms with Gasteiger partial charge in [0.25, 0.3) is 11.6 Å². The maximum atomic E-state index is 13.3. The van der Waals surface area contributed by atoms with Crippen LogP contribution in [0.5, 0.6) is 0 Å². The summed E-state index contributed by atoms with van der Waals surface area (Å²) in [4.78, 5) is 30.8. The molecule has 7 heteroatoms. The maximum absolute atomic E-state index is 13.3. The Bertz CT molecular complexity index is 933. The molecule has 2 aromatic carbocycles. The van der Waals surface area contributed by atoms with Gasteiger partial charge in [-0.1, -0.05) is 30.3 Å². The highest BCUT2D eigenvalue weighted by Gasteiger charge is 2.44. The van der Waals surface area contributed by atoms with Gasteiger partial charge in [0, 0.05) is 30.3 Å². The first-order valence-electron chi connectivity index (χ1n) is 8.95. The van der Waals surface area contributed by atoms with Gasteiger partial charge in [0.15, 0.2) is 0 Å². The van der Waals surface area contributed by atoms with Crippen LogP contribution in [0.2, 0.25) is 0 Å². The summed E-state index contributed by atoms with van der Waals surface area (Å²) >= 11 is 0. The van der Waals surface area contributed by atoms with Gasteiger partial charge >= 0.3 is 0 Å². The summed E-state index contributed by atoms with van der Waals surface area (Å²) in [6.45, 7) is 1.42. The van der Waals surface area contributed by atoms with E-state index in [-0.39, 0.29) is 11.6 Å². The number of hydrogen-bond acceptors (Lipinski definition) is 5. The van der Waals surface area contributed by atoms with Crippen molar-refractivity contribution in [2.24, 2.45) is 4.99 Å². The largest absolute Gasteiger partial charge is 0.317 e. The number of amides is 1. The summed E-state index contributed by atoms with van der Waals surface area (Å²) in [5, 5.41) is 14.6. The van der Waals surface area contributed by atoms with Crippen molar-refractivity contribution in [3.63, 3.8) is 0 Å². The molecule has 2 aliphatic heterocycles. The zero-order chi connectivity index (χ0) is 19.0. The molecule has 0 aliphatic carbocycles. The van der Waals surface area contributed by atoms with E-state index < -0.39 is 10.5 Å². The lowest BCUT2D eigenvalue weighted by molar-refractivity contribution is -0.384. The van der Waals surface area contributed by atoms with Gasteiger partial charge in [0.05, 0.1) is 16.3 Å². The van der Waals surface area contributed by atoms with Crippen LogP contribution in [0, 0.1) is 10.1 Å². The number of anilines is 1. The molecule has 2 aliphatic rings. The van der Waals surface area contributed by atoms with Gasteiger partial charge in [-0.3, -0.25) is 19.9 Å². The summed E-state index contributed by atoms with van der Waals surface area (Å²) in [6.07, 6.45) is 1.20. The number of likely N-dealkylation sites (N-methyl/N-ethyl adjacent to an activating group) is 1. The van der Waals surface area contributed by atoms with E-state index in [1.54, 1.807) is 18.0 Å². The van der Waals surface area contributed by atoms with Crippen LogP contribution in [0.4, 0.5) is 11.4 Å². The summed E-state index contributed by atoms with van der Waals surface area (Å²) in [7, 11) is 1.72. The molecule has 1 saturated heterocycles. The number of carbonyl (C=O) groups excluding carboxylic acids is 1. The number of nitrogens with zero attached hydrogens (tertiary/aromatic N) is 3. The Morgan fingerprint density at radius 3 is 2.52 bits per heavy atom. The van der Waals surface area contributed by atoms with Gasteiger partial charge in [-0.05, 0) is 32.0 Å². The Morgan fingerprint density at radius 2 is 1.85 bits per heavy atom. The number of piperidine rings is 1. The van der Waals surface area contributed by atoms with E-state index in [0.717, 1.165) is 5.56 Å². The average molecular weight is 364 g/mol. The van der Waals surface area contributed by atoms with Crippen molar-refractivity contribution < 1.29 is 9.72 Å². The van der Waals surface area contributed by atoms with E-state index in [1.165, 1.54) is 12.1 Å². The minimum Gasteiger partial charge on any atom is -0.317 e. The number of carbonyl (C=O) groups is 1. The van der Waals surface area contributed by atoms with Crippen LogP contribution >= 0.6 is 0 Å². The Kier molecular flexibility index (Phi) is 4.24. The fourth-order valence-corrected chi connectivity index (χ4v) is 3.85. The Hall–Kier alpha value is -3.06. The lowest BCUT2D eigenvalue weighted by atomic mass is 9.87. The Balaban J connectivity index is 1.99. The normalized spacial score (nSPS) is 18.6. The molecule has 0 atom stereocenters. The molecular formula is C20H20N4O3. The fourth-order valence-electron chi connectivity index (χ4n) is 3.85. The number of nitrogens with one attached hydrogen (secondary N) is 1. The zero-order valence-corrected chi connectivity index (χ0v) is 15.0. The summed E-state index contributed by atoms with van der Waals surface area (Å²) in [5.41, 5.74) is 1.87. The second-order valence-electron chi connectivity index (χ2n) is 6.93. The van der Waals surface area contributed by atoms with Crippen molar-refractivity contribution in [2.45, 2.75) is 18.4 Å². The summed E-state index contributed by atoms with van der Waals surface area (Å²) in [5.74, 6) is -0.0648. The number of rotatable bonds is 2. The second kappa shape index (κ2) is 6.59.